The molecule has 2 aliphatic heterocycles. The summed E-state index contributed by atoms with van der Waals surface area (Å²) in [5.74, 6) is -4.08. The van der Waals surface area contributed by atoms with E-state index in [1.54, 1.807) is 46.3 Å². The minimum Gasteiger partial charge on any atom is -0.545 e. The fourth-order valence-electron chi connectivity index (χ4n) is 5.51. The molecule has 1 saturated heterocycles. The molecule has 0 radical (unpaired) electrons. The maximum atomic E-state index is 13.4. The van der Waals surface area contributed by atoms with Gasteiger partial charge in [0, 0.05) is 40.2 Å². The Kier molecular flexibility index (Phi) is 16.7. The molecule has 0 bridgehead atoms. The van der Waals surface area contributed by atoms with Gasteiger partial charge in [0.25, 0.3) is 11.8 Å². The smallest absolute Gasteiger partial charge is 0.545 e. The van der Waals surface area contributed by atoms with E-state index in [4.69, 9.17) is 10.6 Å². The van der Waals surface area contributed by atoms with Gasteiger partial charge < -0.3 is 41.1 Å². The number of nitrogens with zero attached hydrogens (tertiary/aromatic N) is 4. The Balaban J connectivity index is 0.00000276. The van der Waals surface area contributed by atoms with Gasteiger partial charge in [-0.15, -0.1) is 23.1 Å². The van der Waals surface area contributed by atoms with Crippen LogP contribution in [0.1, 0.15) is 66.1 Å². The van der Waals surface area contributed by atoms with Gasteiger partial charge in [0.05, 0.1) is 23.1 Å². The van der Waals surface area contributed by atoms with E-state index in [-0.39, 0.29) is 76.2 Å². The molecule has 2 aliphatic rings. The number of anilines is 2. The van der Waals surface area contributed by atoms with Gasteiger partial charge in [-0.2, -0.15) is 13.2 Å². The second kappa shape index (κ2) is 20.5. The molecule has 4 heterocycles. The van der Waals surface area contributed by atoms with Gasteiger partial charge in [-0.25, -0.2) is 14.3 Å². The number of amides is 2. The number of oxime groups is 1. The third-order valence-electron chi connectivity index (χ3n) is 7.85. The van der Waals surface area contributed by atoms with Crippen molar-refractivity contribution in [2.45, 2.75) is 58.3 Å². The Bertz CT molecular complexity index is 2050. The number of nitrogen functional groups attached to an aromatic ring is 1. The van der Waals surface area contributed by atoms with Gasteiger partial charge in [-0.05, 0) is 37.1 Å². The van der Waals surface area contributed by atoms with Gasteiger partial charge >= 0.3 is 41.7 Å². The molecule has 20 heteroatoms. The van der Waals surface area contributed by atoms with Crippen LogP contribution in [0.15, 0.2) is 88.5 Å². The first-order chi connectivity index (χ1) is 26.2. The largest absolute Gasteiger partial charge is 1.00 e. The first-order valence-corrected chi connectivity index (χ1v) is 18.8. The number of nitrogens with two attached hydrogens (primary N) is 1. The van der Waals surface area contributed by atoms with Gasteiger partial charge in [0.2, 0.25) is 0 Å². The van der Waals surface area contributed by atoms with Crippen LogP contribution in [-0.4, -0.2) is 68.2 Å². The molecule has 2 amide bonds. The number of hydrogen-bond donors (Lipinski definition) is 4. The van der Waals surface area contributed by atoms with E-state index in [0.29, 0.717) is 35.6 Å². The van der Waals surface area contributed by atoms with Crippen LogP contribution in [0, 0.1) is 0 Å². The normalized spacial score (nSPS) is 17.2. The number of thioether (sulfide) groups is 1. The zero-order valence-corrected chi connectivity index (χ0v) is 34.7. The number of allylic oxidation sites excluding steroid dienone is 3. The first-order valence-electron chi connectivity index (χ1n) is 16.9. The Morgan fingerprint density at radius 2 is 1.88 bits per heavy atom. The van der Waals surface area contributed by atoms with Crippen LogP contribution in [0.4, 0.5) is 24.0 Å². The van der Waals surface area contributed by atoms with Crippen molar-refractivity contribution >= 4 is 63.4 Å². The number of pyridine rings is 1. The number of rotatable bonds is 13. The van der Waals surface area contributed by atoms with Crippen LogP contribution < -0.4 is 55.6 Å². The molecule has 1 aromatic carbocycles. The number of carboxylic acid groups (broad SMARTS) is 2. The number of halogens is 3. The number of hydrogen-bond acceptors (Lipinski definition) is 12. The van der Waals surface area contributed by atoms with Gasteiger partial charge in [-0.3, -0.25) is 9.59 Å². The van der Waals surface area contributed by atoms with Crippen LogP contribution in [0.5, 0.6) is 0 Å². The molecule has 2 atom stereocenters. The molecule has 292 valence electrons. The molecule has 56 heavy (non-hydrogen) atoms. The Morgan fingerprint density at radius 3 is 2.45 bits per heavy atom. The van der Waals surface area contributed by atoms with Crippen molar-refractivity contribution < 1.29 is 81.5 Å². The molecular formula is C36H38F3N7NaO7S2+. The molecule has 5 N–H and O–H groups in total. The summed E-state index contributed by atoms with van der Waals surface area (Å²) < 4.78 is 41.7. The predicted molar refractivity (Wildman–Crippen MR) is 199 cm³/mol. The molecule has 1 unspecified atom stereocenters. The van der Waals surface area contributed by atoms with Gasteiger partial charge in [0.1, 0.15) is 23.4 Å². The number of thiazole rings is 1. The standard InChI is InChI=1S/C34H32F3N7O7S2.C2H6.Na/c1-3-6-24-26(41-29(46)25(42-51-4-2)23-17-53-33(38)40-23)30-44(24)27(32(49)50)19(16-52-30)7-5-12-43-13-10-18(11-14-43)28(45)39-20-8-9-21(31(47)48)22(15-20)34(35,36)37;1-2;/h5-11,13-15,17,26,30H,3-4,12,16H2,1-2H3,(H5-,38,39,40,41,45,46,47,48,49,50);1-2H3;/q;;+1/b7-5+,24-6-,42-25-;;/t26?,30-;;/m1../s1. The summed E-state index contributed by atoms with van der Waals surface area (Å²) in [6, 6.07) is 4.63. The molecule has 14 nitrogen and oxygen atoms in total. The van der Waals surface area contributed by atoms with Crippen molar-refractivity contribution in [2.75, 3.05) is 23.4 Å². The van der Waals surface area contributed by atoms with Gasteiger partial charge in [-0.1, -0.05) is 44.1 Å². The van der Waals surface area contributed by atoms with E-state index >= 15 is 0 Å². The fraction of sp³-hybridized carbons (Fsp3) is 0.306. The summed E-state index contributed by atoms with van der Waals surface area (Å²) in [4.78, 5) is 60.8. The van der Waals surface area contributed by atoms with E-state index in [2.05, 4.69) is 20.8 Å². The van der Waals surface area contributed by atoms with Crippen molar-refractivity contribution in [2.24, 2.45) is 5.16 Å². The zero-order valence-electron chi connectivity index (χ0n) is 31.0. The fourth-order valence-corrected chi connectivity index (χ4v) is 7.41. The number of benzene rings is 1. The molecule has 3 aromatic rings. The van der Waals surface area contributed by atoms with Crippen molar-refractivity contribution in [1.29, 1.82) is 0 Å². The summed E-state index contributed by atoms with van der Waals surface area (Å²) in [5, 5.41) is 32.0. The summed E-state index contributed by atoms with van der Waals surface area (Å²) in [6.45, 7) is 8.12. The van der Waals surface area contributed by atoms with Crippen LogP contribution in [-0.2, 0) is 27.1 Å². The number of fused-ring (bicyclic) bond motifs is 1. The second-order valence-corrected chi connectivity index (χ2v) is 13.3. The number of alkyl halides is 3. The van der Waals surface area contributed by atoms with Crippen LogP contribution in [0.3, 0.4) is 0 Å². The predicted octanol–water partition coefficient (Wildman–Crippen LogP) is 1.18. The number of carbonyl (C=O) groups is 4. The number of nitrogens with one attached hydrogen (secondary N) is 2. The van der Waals surface area contributed by atoms with E-state index in [1.165, 1.54) is 23.9 Å². The first kappa shape index (κ1) is 45.7. The summed E-state index contributed by atoms with van der Waals surface area (Å²) in [7, 11) is 0. The Labute approximate surface area is 350 Å². The van der Waals surface area contributed by atoms with Gasteiger partial charge in [0.15, 0.2) is 29.8 Å². The molecule has 2 aromatic heterocycles. The van der Waals surface area contributed by atoms with Crippen LogP contribution in [0.25, 0.3) is 0 Å². The van der Waals surface area contributed by atoms with Crippen molar-refractivity contribution in [1.82, 2.24) is 15.2 Å². The summed E-state index contributed by atoms with van der Waals surface area (Å²) in [6.07, 6.45) is 4.01. The quantitative estimate of drug-likeness (QED) is 0.0835. The average molecular weight is 825 g/mol. The molecule has 5 rings (SSSR count). The number of aromatic nitrogens is 2. The van der Waals surface area contributed by atoms with Crippen LogP contribution >= 0.6 is 23.1 Å². The van der Waals surface area contributed by atoms with Crippen molar-refractivity contribution in [3.8, 4) is 0 Å². The molecule has 0 spiro atoms. The number of aliphatic carboxylic acids is 1. The van der Waals surface area contributed by atoms with Crippen LogP contribution in [0.2, 0.25) is 0 Å². The molecule has 0 saturated carbocycles. The summed E-state index contributed by atoms with van der Waals surface area (Å²) >= 11 is 2.60. The Hall–Kier alpha value is -4.69. The molecule has 1 fully saturated rings. The third kappa shape index (κ3) is 10.8. The number of aromatic carboxylic acids is 1. The maximum absolute atomic E-state index is 13.4. The summed E-state index contributed by atoms with van der Waals surface area (Å²) in [5.41, 5.74) is 4.57. The SMILES string of the molecule is CC.CC/C=C1/C(NC(=O)/C(=N\OCC)c2csc(N)n2)[C@H]2SCC(/C=C/C[n+]3ccc(C(=O)Nc4ccc(C(=O)[O-])c(C(F)(F)F)c4)cc3)=C(C(=O)O)N12.[Na+]. The second-order valence-electron chi connectivity index (χ2n) is 11.4. The van der Waals surface area contributed by atoms with Crippen molar-refractivity contribution in [3.63, 3.8) is 0 Å². The average Bonchev–Trinajstić information content (AvgIpc) is 3.58. The number of carboxylic acids is 2. The minimum atomic E-state index is -4.98. The monoisotopic (exact) mass is 824 g/mol. The van der Waals surface area contributed by atoms with E-state index in [0.717, 1.165) is 17.4 Å². The zero-order chi connectivity index (χ0) is 40.4. The third-order valence-corrected chi connectivity index (χ3v) is 9.83. The Morgan fingerprint density at radius 1 is 1.18 bits per heavy atom. The van der Waals surface area contributed by atoms with E-state index < -0.39 is 52.5 Å². The topological polar surface area (TPSA) is 203 Å². The van der Waals surface area contributed by atoms with E-state index in [9.17, 15) is 42.6 Å². The maximum Gasteiger partial charge on any atom is 1.00 e. The van der Waals surface area contributed by atoms with E-state index in [1.807, 2.05) is 26.8 Å². The number of carbonyl (C=O) groups excluding carboxylic acids is 3. The van der Waals surface area contributed by atoms with Crippen molar-refractivity contribution in [3.05, 3.63) is 106 Å². The molecular weight excluding hydrogens is 787 g/mol. The molecule has 0 aliphatic carbocycles. The minimum absolute atomic E-state index is 0.